The van der Waals surface area contributed by atoms with Gasteiger partial charge in [-0.1, -0.05) is 18.2 Å². The van der Waals surface area contributed by atoms with E-state index in [9.17, 15) is 5.11 Å². The molecular formula is C13H24N4O. The van der Waals surface area contributed by atoms with Gasteiger partial charge in [-0.15, -0.1) is 0 Å². The van der Waals surface area contributed by atoms with Gasteiger partial charge in [-0.25, -0.2) is 0 Å². The topological polar surface area (TPSA) is 82.3 Å². The van der Waals surface area contributed by atoms with E-state index in [-0.39, 0.29) is 0 Å². The molecule has 0 aliphatic rings. The number of nitrogens with two attached hydrogens (primary N) is 1. The van der Waals surface area contributed by atoms with E-state index >= 15 is 0 Å². The van der Waals surface area contributed by atoms with Crippen molar-refractivity contribution < 1.29 is 5.11 Å². The molecule has 0 saturated carbocycles. The van der Waals surface area contributed by atoms with Crippen LogP contribution >= 0.6 is 0 Å². The van der Waals surface area contributed by atoms with Gasteiger partial charge in [-0.05, 0) is 6.07 Å². The van der Waals surface area contributed by atoms with Gasteiger partial charge >= 0.3 is 0 Å². The highest BCUT2D eigenvalue weighted by Crippen LogP contribution is 2.14. The first-order chi connectivity index (χ1) is 8.84. The molecule has 6 N–H and O–H groups in total. The van der Waals surface area contributed by atoms with Crippen molar-refractivity contribution in [1.29, 1.82) is 0 Å². The molecule has 0 spiro atoms. The van der Waals surface area contributed by atoms with Crippen molar-refractivity contribution in [3.8, 4) is 5.75 Å². The molecule has 0 aliphatic carbocycles. The molecule has 5 nitrogen and oxygen atoms in total. The highest BCUT2D eigenvalue weighted by molar-refractivity contribution is 5.31. The van der Waals surface area contributed by atoms with E-state index in [1.54, 1.807) is 6.07 Å². The molecule has 0 amide bonds. The second kappa shape index (κ2) is 9.85. The molecule has 1 aromatic rings. The Balaban J connectivity index is 1.94. The zero-order valence-corrected chi connectivity index (χ0v) is 10.8. The fourth-order valence-corrected chi connectivity index (χ4v) is 1.59. The Bertz CT molecular complexity index is 320. The first-order valence-corrected chi connectivity index (χ1v) is 6.43. The number of para-hydroxylation sites is 1. The maximum Gasteiger partial charge on any atom is 0.120 e. The summed E-state index contributed by atoms with van der Waals surface area (Å²) in [5.74, 6) is 0.351. The molecule has 0 atom stereocenters. The van der Waals surface area contributed by atoms with Gasteiger partial charge in [0.05, 0.1) is 0 Å². The smallest absolute Gasteiger partial charge is 0.120 e. The van der Waals surface area contributed by atoms with E-state index in [4.69, 9.17) is 5.73 Å². The first-order valence-electron chi connectivity index (χ1n) is 6.43. The third-order valence-corrected chi connectivity index (χ3v) is 2.59. The predicted molar refractivity (Wildman–Crippen MR) is 74.6 cm³/mol. The number of hydrogen-bond acceptors (Lipinski definition) is 5. The lowest BCUT2D eigenvalue weighted by atomic mass is 10.2. The molecule has 0 fully saturated rings. The Hall–Kier alpha value is -1.14. The van der Waals surface area contributed by atoms with Crippen molar-refractivity contribution in [2.75, 3.05) is 39.3 Å². The minimum atomic E-state index is 0.351. The van der Waals surface area contributed by atoms with Crippen LogP contribution in [0.5, 0.6) is 5.75 Å². The third kappa shape index (κ3) is 6.56. The molecule has 18 heavy (non-hydrogen) atoms. The van der Waals surface area contributed by atoms with Crippen LogP contribution in [0, 0.1) is 0 Å². The largest absolute Gasteiger partial charge is 0.508 e. The first kappa shape index (κ1) is 14.9. The van der Waals surface area contributed by atoms with Crippen LogP contribution in [0.15, 0.2) is 24.3 Å². The number of hydrogen-bond donors (Lipinski definition) is 5. The maximum atomic E-state index is 9.56. The summed E-state index contributed by atoms with van der Waals surface area (Å²) in [5.41, 5.74) is 6.30. The zero-order chi connectivity index (χ0) is 13.1. The average molecular weight is 252 g/mol. The minimum Gasteiger partial charge on any atom is -0.508 e. The van der Waals surface area contributed by atoms with Crippen LogP contribution in [0.25, 0.3) is 0 Å². The quantitative estimate of drug-likeness (QED) is 0.367. The number of rotatable bonds is 10. The number of phenolic OH excluding ortho intramolecular Hbond substituents is 1. The second-order valence-corrected chi connectivity index (χ2v) is 4.09. The summed E-state index contributed by atoms with van der Waals surface area (Å²) in [4.78, 5) is 0. The third-order valence-electron chi connectivity index (χ3n) is 2.59. The van der Waals surface area contributed by atoms with Crippen LogP contribution in [0.4, 0.5) is 0 Å². The highest BCUT2D eigenvalue weighted by Gasteiger charge is 1.97. The zero-order valence-electron chi connectivity index (χ0n) is 10.8. The number of aromatic hydroxyl groups is 1. The maximum absolute atomic E-state index is 9.56. The van der Waals surface area contributed by atoms with E-state index in [0.717, 1.165) is 38.3 Å². The van der Waals surface area contributed by atoms with Gasteiger partial charge in [0.15, 0.2) is 0 Å². The molecule has 0 aliphatic heterocycles. The average Bonchev–Trinajstić information content (AvgIpc) is 2.39. The predicted octanol–water partition coefficient (Wildman–Crippen LogP) is -0.380. The van der Waals surface area contributed by atoms with E-state index in [1.165, 1.54) is 0 Å². The highest BCUT2D eigenvalue weighted by atomic mass is 16.3. The molecule has 102 valence electrons. The molecule has 0 bridgehead atoms. The summed E-state index contributed by atoms with van der Waals surface area (Å²) in [5, 5.41) is 19.4. The van der Waals surface area contributed by atoms with Crippen molar-refractivity contribution in [3.63, 3.8) is 0 Å². The van der Waals surface area contributed by atoms with Gasteiger partial charge in [0.2, 0.25) is 0 Å². The van der Waals surface area contributed by atoms with Gasteiger partial charge in [0, 0.05) is 51.4 Å². The lowest BCUT2D eigenvalue weighted by molar-refractivity contribution is 0.464. The van der Waals surface area contributed by atoms with Crippen LogP contribution in [0.1, 0.15) is 5.56 Å². The Kier molecular flexibility index (Phi) is 8.16. The van der Waals surface area contributed by atoms with Crippen LogP contribution in [-0.4, -0.2) is 44.4 Å². The summed E-state index contributed by atoms with van der Waals surface area (Å²) >= 11 is 0. The normalized spacial score (nSPS) is 10.7. The molecular weight excluding hydrogens is 228 g/mol. The number of benzene rings is 1. The van der Waals surface area contributed by atoms with Gasteiger partial charge < -0.3 is 26.8 Å². The molecule has 5 heteroatoms. The fourth-order valence-electron chi connectivity index (χ4n) is 1.59. The van der Waals surface area contributed by atoms with Crippen LogP contribution in [0.3, 0.4) is 0 Å². The Morgan fingerprint density at radius 1 is 0.889 bits per heavy atom. The molecule has 1 aromatic carbocycles. The SMILES string of the molecule is NCCNCCNCCNCc1ccccc1O. The summed E-state index contributed by atoms with van der Waals surface area (Å²) in [7, 11) is 0. The fraction of sp³-hybridized carbons (Fsp3) is 0.538. The summed E-state index contributed by atoms with van der Waals surface area (Å²) in [6, 6.07) is 7.39. The van der Waals surface area contributed by atoms with Crippen LogP contribution < -0.4 is 21.7 Å². The molecule has 0 radical (unpaired) electrons. The molecule has 1 rings (SSSR count). The van der Waals surface area contributed by atoms with Crippen LogP contribution in [0.2, 0.25) is 0 Å². The summed E-state index contributed by atoms with van der Waals surface area (Å²) < 4.78 is 0. The van der Waals surface area contributed by atoms with Gasteiger partial charge in [0.25, 0.3) is 0 Å². The van der Waals surface area contributed by atoms with Crippen LogP contribution in [-0.2, 0) is 6.54 Å². The lowest BCUT2D eigenvalue weighted by Crippen LogP contribution is -2.34. The van der Waals surface area contributed by atoms with Crippen molar-refractivity contribution >= 4 is 0 Å². The van der Waals surface area contributed by atoms with Crippen molar-refractivity contribution in [2.45, 2.75) is 6.54 Å². The van der Waals surface area contributed by atoms with Crippen molar-refractivity contribution in [3.05, 3.63) is 29.8 Å². The van der Waals surface area contributed by atoms with Crippen molar-refractivity contribution in [1.82, 2.24) is 16.0 Å². The van der Waals surface area contributed by atoms with Crippen molar-refractivity contribution in [2.24, 2.45) is 5.73 Å². The summed E-state index contributed by atoms with van der Waals surface area (Å²) in [6.45, 7) is 5.92. The van der Waals surface area contributed by atoms with E-state index in [0.29, 0.717) is 18.8 Å². The van der Waals surface area contributed by atoms with Gasteiger partial charge in [0.1, 0.15) is 5.75 Å². The lowest BCUT2D eigenvalue weighted by Gasteiger charge is -2.08. The Morgan fingerprint density at radius 2 is 1.50 bits per heavy atom. The van der Waals surface area contributed by atoms with Gasteiger partial charge in [-0.3, -0.25) is 0 Å². The van der Waals surface area contributed by atoms with E-state index < -0.39 is 0 Å². The molecule has 0 aromatic heterocycles. The Morgan fingerprint density at radius 3 is 2.17 bits per heavy atom. The minimum absolute atomic E-state index is 0.351. The van der Waals surface area contributed by atoms with Gasteiger partial charge in [-0.2, -0.15) is 0 Å². The molecule has 0 saturated heterocycles. The number of nitrogens with one attached hydrogen (secondary N) is 3. The number of phenols is 1. The second-order valence-electron chi connectivity index (χ2n) is 4.09. The van der Waals surface area contributed by atoms with E-state index in [2.05, 4.69) is 16.0 Å². The van der Waals surface area contributed by atoms with E-state index in [1.807, 2.05) is 18.2 Å². The molecule has 0 unspecified atom stereocenters. The Labute approximate surface area is 109 Å². The summed E-state index contributed by atoms with van der Waals surface area (Å²) in [6.07, 6.45) is 0. The molecule has 0 heterocycles. The standard InChI is InChI=1S/C13H24N4O/c14-5-6-15-7-8-16-9-10-17-11-12-3-1-2-4-13(12)18/h1-4,15-18H,5-11,14H2. The monoisotopic (exact) mass is 252 g/mol.